The van der Waals surface area contributed by atoms with E-state index >= 15 is 0 Å². The lowest BCUT2D eigenvalue weighted by Gasteiger charge is -2.19. The summed E-state index contributed by atoms with van der Waals surface area (Å²) in [6.07, 6.45) is 6.00. The Hall–Kier alpha value is -1.27. The monoisotopic (exact) mass is 296 g/mol. The minimum Gasteiger partial charge on any atom is -0.492 e. The number of hydrogen-bond donors (Lipinski definition) is 1. The molecule has 0 radical (unpaired) electrons. The van der Waals surface area contributed by atoms with Gasteiger partial charge in [-0.2, -0.15) is 11.8 Å². The molecular weight excluding hydrogens is 276 g/mol. The minimum absolute atomic E-state index is 0.0873. The number of nitro groups is 1. The van der Waals surface area contributed by atoms with E-state index in [-0.39, 0.29) is 5.69 Å². The van der Waals surface area contributed by atoms with Crippen LogP contribution in [0.3, 0.4) is 0 Å². The van der Waals surface area contributed by atoms with Gasteiger partial charge in [0.05, 0.1) is 4.92 Å². The molecule has 0 bridgehead atoms. The van der Waals surface area contributed by atoms with Gasteiger partial charge in [-0.05, 0) is 31.2 Å². The van der Waals surface area contributed by atoms with Crippen LogP contribution in [-0.2, 0) is 0 Å². The number of rotatable bonds is 7. The Morgan fingerprint density at radius 2 is 2.15 bits per heavy atom. The first-order valence-electron chi connectivity index (χ1n) is 6.84. The van der Waals surface area contributed by atoms with Crippen LogP contribution in [0.15, 0.2) is 24.3 Å². The quantitative estimate of drug-likeness (QED) is 0.476. The number of hydrogen-bond acceptors (Lipinski definition) is 5. The van der Waals surface area contributed by atoms with Gasteiger partial charge in [0.15, 0.2) is 0 Å². The summed E-state index contributed by atoms with van der Waals surface area (Å²) in [6, 6.07) is 6.79. The predicted octanol–water partition coefficient (Wildman–Crippen LogP) is 2.85. The van der Waals surface area contributed by atoms with Crippen molar-refractivity contribution < 1.29 is 9.66 Å². The molecule has 1 N–H and O–H groups in total. The topological polar surface area (TPSA) is 64.4 Å². The zero-order valence-corrected chi connectivity index (χ0v) is 12.4. The molecular formula is C14H20N2O3S. The zero-order valence-electron chi connectivity index (χ0n) is 11.6. The SMILES string of the molecule is CSC1CCCC1NCCOc1ccc([N+](=O)[O-])cc1. The molecule has 2 rings (SSSR count). The Labute approximate surface area is 123 Å². The average molecular weight is 296 g/mol. The maximum atomic E-state index is 10.5. The van der Waals surface area contributed by atoms with Crippen LogP contribution in [0, 0.1) is 10.1 Å². The van der Waals surface area contributed by atoms with Gasteiger partial charge in [0.25, 0.3) is 5.69 Å². The summed E-state index contributed by atoms with van der Waals surface area (Å²) in [5, 5.41) is 14.8. The number of nitrogens with zero attached hydrogens (tertiary/aromatic N) is 1. The molecule has 0 amide bonds. The zero-order chi connectivity index (χ0) is 14.4. The number of ether oxygens (including phenoxy) is 1. The van der Waals surface area contributed by atoms with Crippen LogP contribution in [0.25, 0.3) is 0 Å². The Balaban J connectivity index is 1.69. The number of thioether (sulfide) groups is 1. The fourth-order valence-electron chi connectivity index (χ4n) is 2.52. The van der Waals surface area contributed by atoms with Crippen molar-refractivity contribution in [3.8, 4) is 5.75 Å². The lowest BCUT2D eigenvalue weighted by Crippen LogP contribution is -2.36. The van der Waals surface area contributed by atoms with Crippen LogP contribution in [0.2, 0.25) is 0 Å². The molecule has 0 spiro atoms. The standard InChI is InChI=1S/C14H20N2O3S/c1-20-14-4-2-3-13(14)15-9-10-19-12-7-5-11(6-8-12)16(17)18/h5-8,13-15H,2-4,9-10H2,1H3. The normalized spacial score (nSPS) is 21.9. The largest absolute Gasteiger partial charge is 0.492 e. The van der Waals surface area contributed by atoms with Crippen molar-refractivity contribution in [1.29, 1.82) is 0 Å². The van der Waals surface area contributed by atoms with E-state index in [1.54, 1.807) is 12.1 Å². The highest BCUT2D eigenvalue weighted by atomic mass is 32.2. The predicted molar refractivity (Wildman–Crippen MR) is 81.5 cm³/mol. The van der Waals surface area contributed by atoms with Gasteiger partial charge in [-0.1, -0.05) is 6.42 Å². The van der Waals surface area contributed by atoms with Gasteiger partial charge in [0.2, 0.25) is 0 Å². The van der Waals surface area contributed by atoms with Gasteiger partial charge in [0.1, 0.15) is 12.4 Å². The van der Waals surface area contributed by atoms with Crippen LogP contribution in [0.4, 0.5) is 5.69 Å². The van der Waals surface area contributed by atoms with E-state index in [0.29, 0.717) is 18.4 Å². The first kappa shape index (κ1) is 15.1. The summed E-state index contributed by atoms with van der Waals surface area (Å²) in [7, 11) is 0. The fourth-order valence-corrected chi connectivity index (χ4v) is 3.48. The van der Waals surface area contributed by atoms with Gasteiger partial charge in [0, 0.05) is 30.0 Å². The van der Waals surface area contributed by atoms with Gasteiger partial charge in [-0.15, -0.1) is 0 Å². The molecule has 1 aliphatic rings. The molecule has 0 saturated heterocycles. The molecule has 20 heavy (non-hydrogen) atoms. The lowest BCUT2D eigenvalue weighted by molar-refractivity contribution is -0.384. The van der Waals surface area contributed by atoms with E-state index in [4.69, 9.17) is 4.74 Å². The average Bonchev–Trinajstić information content (AvgIpc) is 2.91. The van der Waals surface area contributed by atoms with Crippen molar-refractivity contribution >= 4 is 17.4 Å². The van der Waals surface area contributed by atoms with Gasteiger partial charge >= 0.3 is 0 Å². The molecule has 0 heterocycles. The molecule has 1 aliphatic carbocycles. The highest BCUT2D eigenvalue weighted by Crippen LogP contribution is 2.28. The Morgan fingerprint density at radius 3 is 2.80 bits per heavy atom. The number of non-ortho nitro benzene ring substituents is 1. The molecule has 110 valence electrons. The van der Waals surface area contributed by atoms with Gasteiger partial charge in [-0.3, -0.25) is 10.1 Å². The third kappa shape index (κ3) is 4.11. The van der Waals surface area contributed by atoms with E-state index in [0.717, 1.165) is 11.8 Å². The molecule has 0 aliphatic heterocycles. The van der Waals surface area contributed by atoms with Crippen LogP contribution in [-0.4, -0.2) is 35.6 Å². The van der Waals surface area contributed by atoms with Crippen LogP contribution in [0.5, 0.6) is 5.75 Å². The smallest absolute Gasteiger partial charge is 0.269 e. The molecule has 2 unspecified atom stereocenters. The van der Waals surface area contributed by atoms with Crippen LogP contribution < -0.4 is 10.1 Å². The first-order valence-corrected chi connectivity index (χ1v) is 8.13. The first-order chi connectivity index (χ1) is 9.70. The van der Waals surface area contributed by atoms with E-state index in [1.165, 1.54) is 31.4 Å². The number of benzene rings is 1. The van der Waals surface area contributed by atoms with E-state index in [2.05, 4.69) is 11.6 Å². The summed E-state index contributed by atoms with van der Waals surface area (Å²) in [4.78, 5) is 10.1. The Kier molecular flexibility index (Phi) is 5.67. The summed E-state index contributed by atoms with van der Waals surface area (Å²) < 4.78 is 5.58. The Bertz CT molecular complexity index is 439. The van der Waals surface area contributed by atoms with Crippen molar-refractivity contribution in [3.63, 3.8) is 0 Å². The van der Waals surface area contributed by atoms with E-state index in [1.807, 2.05) is 11.8 Å². The molecule has 5 nitrogen and oxygen atoms in total. The third-order valence-electron chi connectivity index (χ3n) is 3.58. The van der Waals surface area contributed by atoms with Crippen molar-refractivity contribution in [2.45, 2.75) is 30.6 Å². The fraction of sp³-hybridized carbons (Fsp3) is 0.571. The molecule has 6 heteroatoms. The van der Waals surface area contributed by atoms with Crippen LogP contribution >= 0.6 is 11.8 Å². The van der Waals surface area contributed by atoms with Crippen molar-refractivity contribution in [3.05, 3.63) is 34.4 Å². The second kappa shape index (κ2) is 7.50. The van der Waals surface area contributed by atoms with Gasteiger partial charge < -0.3 is 10.1 Å². The van der Waals surface area contributed by atoms with Crippen LogP contribution in [0.1, 0.15) is 19.3 Å². The van der Waals surface area contributed by atoms with Gasteiger partial charge in [-0.25, -0.2) is 0 Å². The van der Waals surface area contributed by atoms with Crippen molar-refractivity contribution in [1.82, 2.24) is 5.32 Å². The summed E-state index contributed by atoms with van der Waals surface area (Å²) in [5.74, 6) is 0.672. The summed E-state index contributed by atoms with van der Waals surface area (Å²) in [6.45, 7) is 1.38. The molecule has 1 aromatic rings. The number of nitrogens with one attached hydrogen (secondary N) is 1. The Morgan fingerprint density at radius 1 is 1.40 bits per heavy atom. The minimum atomic E-state index is -0.409. The highest BCUT2D eigenvalue weighted by molar-refractivity contribution is 7.99. The molecule has 2 atom stereocenters. The molecule has 1 saturated carbocycles. The summed E-state index contributed by atoms with van der Waals surface area (Å²) >= 11 is 1.93. The van der Waals surface area contributed by atoms with E-state index in [9.17, 15) is 10.1 Å². The summed E-state index contributed by atoms with van der Waals surface area (Å²) in [5.41, 5.74) is 0.0873. The highest BCUT2D eigenvalue weighted by Gasteiger charge is 2.25. The van der Waals surface area contributed by atoms with E-state index < -0.39 is 4.92 Å². The molecule has 1 fully saturated rings. The van der Waals surface area contributed by atoms with Crippen molar-refractivity contribution in [2.24, 2.45) is 0 Å². The maximum absolute atomic E-state index is 10.5. The third-order valence-corrected chi connectivity index (χ3v) is 4.75. The second-order valence-corrected chi connectivity index (χ2v) is 5.94. The van der Waals surface area contributed by atoms with Crippen molar-refractivity contribution in [2.75, 3.05) is 19.4 Å². The maximum Gasteiger partial charge on any atom is 0.269 e. The second-order valence-electron chi connectivity index (χ2n) is 4.87. The lowest BCUT2D eigenvalue weighted by atomic mass is 10.2. The molecule has 1 aromatic carbocycles. The molecule has 0 aromatic heterocycles. The number of nitro benzene ring substituents is 1.